The van der Waals surface area contributed by atoms with Gasteiger partial charge in [-0.2, -0.15) is 12.7 Å². The third-order valence-electron chi connectivity index (χ3n) is 4.30. The molecule has 2 aliphatic heterocycles. The van der Waals surface area contributed by atoms with Crippen molar-refractivity contribution in [1.82, 2.24) is 9.62 Å². The highest BCUT2D eigenvalue weighted by molar-refractivity contribution is 7.90. The van der Waals surface area contributed by atoms with Crippen molar-refractivity contribution < 1.29 is 8.42 Å². The molecule has 2 N–H and O–H groups in total. The summed E-state index contributed by atoms with van der Waals surface area (Å²) < 4.78 is 29.2. The lowest BCUT2D eigenvalue weighted by Gasteiger charge is -2.30. The lowest BCUT2D eigenvalue weighted by atomic mass is 10.0. The topological polar surface area (TPSA) is 61.4 Å². The maximum absolute atomic E-state index is 12.5. The molecule has 21 heavy (non-hydrogen) atoms. The molecule has 3 rings (SSSR count). The number of nitrogens with one attached hydrogen (secondary N) is 2. The summed E-state index contributed by atoms with van der Waals surface area (Å²) in [6.07, 6.45) is 3.05. The molecule has 2 heterocycles. The molecule has 6 heteroatoms. The molecule has 1 unspecified atom stereocenters. The highest BCUT2D eigenvalue weighted by atomic mass is 32.2. The molecule has 1 atom stereocenters. The maximum atomic E-state index is 12.5. The minimum Gasteiger partial charge on any atom is -0.312 e. The average Bonchev–Trinajstić information content (AvgIpc) is 2.47. The molecule has 0 radical (unpaired) electrons. The van der Waals surface area contributed by atoms with Crippen LogP contribution < -0.4 is 10.0 Å². The van der Waals surface area contributed by atoms with Crippen molar-refractivity contribution in [1.29, 1.82) is 0 Å². The van der Waals surface area contributed by atoms with Gasteiger partial charge < -0.3 is 5.32 Å². The maximum Gasteiger partial charge on any atom is 0.301 e. The third-order valence-corrected chi connectivity index (χ3v) is 5.80. The average molecular weight is 309 g/mol. The van der Waals surface area contributed by atoms with Crippen LogP contribution in [0, 0.1) is 5.92 Å². The standard InChI is InChI=1S/C15H23N3O2S/c1-12-3-2-8-18(11-12)21(19,20)17-15-5-4-13-6-7-16-10-14(13)9-15/h4-5,9,12,16-17H,2-3,6-8,10-11H2,1H3. The summed E-state index contributed by atoms with van der Waals surface area (Å²) in [5, 5.41) is 3.31. The lowest BCUT2D eigenvalue weighted by Crippen LogP contribution is -2.42. The minimum atomic E-state index is -3.43. The Kier molecular flexibility index (Phi) is 4.19. The van der Waals surface area contributed by atoms with Crippen molar-refractivity contribution in [3.63, 3.8) is 0 Å². The van der Waals surface area contributed by atoms with E-state index in [0.717, 1.165) is 32.4 Å². The van der Waals surface area contributed by atoms with Crippen LogP contribution >= 0.6 is 0 Å². The van der Waals surface area contributed by atoms with Crippen LogP contribution in [0.25, 0.3) is 0 Å². The number of anilines is 1. The summed E-state index contributed by atoms with van der Waals surface area (Å²) in [6.45, 7) is 5.13. The summed E-state index contributed by atoms with van der Waals surface area (Å²) in [7, 11) is -3.43. The minimum absolute atomic E-state index is 0.433. The van der Waals surface area contributed by atoms with E-state index in [2.05, 4.69) is 17.0 Å². The Bertz CT molecular complexity index is 615. The van der Waals surface area contributed by atoms with E-state index in [0.29, 0.717) is 24.7 Å². The molecule has 0 saturated carbocycles. The Labute approximate surface area is 126 Å². The number of hydrogen-bond donors (Lipinski definition) is 2. The largest absolute Gasteiger partial charge is 0.312 e. The molecule has 0 amide bonds. The van der Waals surface area contributed by atoms with Crippen LogP contribution in [0.5, 0.6) is 0 Å². The first kappa shape index (κ1) is 14.8. The Morgan fingerprint density at radius 2 is 2.19 bits per heavy atom. The van der Waals surface area contributed by atoms with Gasteiger partial charge in [0.05, 0.1) is 5.69 Å². The molecular formula is C15H23N3O2S. The van der Waals surface area contributed by atoms with Gasteiger partial charge in [0.25, 0.3) is 0 Å². The van der Waals surface area contributed by atoms with E-state index in [4.69, 9.17) is 0 Å². The first-order valence-corrected chi connectivity index (χ1v) is 9.09. The van der Waals surface area contributed by atoms with Gasteiger partial charge in [-0.05, 0) is 55.0 Å². The zero-order chi connectivity index (χ0) is 14.9. The molecule has 0 aromatic heterocycles. The molecule has 0 spiro atoms. The number of piperidine rings is 1. The lowest BCUT2D eigenvalue weighted by molar-refractivity contribution is 0.282. The van der Waals surface area contributed by atoms with E-state index >= 15 is 0 Å². The van der Waals surface area contributed by atoms with Gasteiger partial charge >= 0.3 is 10.2 Å². The second-order valence-electron chi connectivity index (χ2n) is 6.12. The second-order valence-corrected chi connectivity index (χ2v) is 7.79. The number of benzene rings is 1. The van der Waals surface area contributed by atoms with Crippen molar-refractivity contribution in [3.8, 4) is 0 Å². The molecule has 2 aliphatic rings. The van der Waals surface area contributed by atoms with Crippen LogP contribution in [0.15, 0.2) is 18.2 Å². The Hall–Kier alpha value is -1.11. The van der Waals surface area contributed by atoms with E-state index in [-0.39, 0.29) is 0 Å². The number of rotatable bonds is 3. The van der Waals surface area contributed by atoms with E-state index in [9.17, 15) is 8.42 Å². The van der Waals surface area contributed by atoms with E-state index < -0.39 is 10.2 Å². The van der Waals surface area contributed by atoms with Crippen LogP contribution in [0.3, 0.4) is 0 Å². The number of hydrogen-bond acceptors (Lipinski definition) is 3. The molecule has 1 fully saturated rings. The van der Waals surface area contributed by atoms with Crippen LogP contribution in [-0.4, -0.2) is 32.4 Å². The third kappa shape index (κ3) is 3.39. The fraction of sp³-hybridized carbons (Fsp3) is 0.600. The number of fused-ring (bicyclic) bond motifs is 1. The van der Waals surface area contributed by atoms with Gasteiger partial charge in [-0.25, -0.2) is 0 Å². The fourth-order valence-electron chi connectivity index (χ4n) is 3.12. The van der Waals surface area contributed by atoms with Crippen LogP contribution in [0.1, 0.15) is 30.9 Å². The van der Waals surface area contributed by atoms with Gasteiger partial charge in [0.1, 0.15) is 0 Å². The van der Waals surface area contributed by atoms with Crippen LogP contribution in [-0.2, 0) is 23.2 Å². The summed E-state index contributed by atoms with van der Waals surface area (Å²) in [6, 6.07) is 5.86. The fourth-order valence-corrected chi connectivity index (χ4v) is 4.50. The predicted molar refractivity (Wildman–Crippen MR) is 84.4 cm³/mol. The Morgan fingerprint density at radius 3 is 3.00 bits per heavy atom. The zero-order valence-electron chi connectivity index (χ0n) is 12.4. The molecule has 116 valence electrons. The SMILES string of the molecule is CC1CCCN(S(=O)(=O)Nc2ccc3c(c2)CNCC3)C1. The van der Waals surface area contributed by atoms with Crippen molar-refractivity contribution >= 4 is 15.9 Å². The van der Waals surface area contributed by atoms with Gasteiger partial charge in [0.15, 0.2) is 0 Å². The summed E-state index contributed by atoms with van der Waals surface area (Å²) in [5.74, 6) is 0.433. The highest BCUT2D eigenvalue weighted by Gasteiger charge is 2.27. The normalized spacial score (nSPS) is 23.6. The van der Waals surface area contributed by atoms with Gasteiger partial charge in [-0.3, -0.25) is 4.72 Å². The second kappa shape index (κ2) is 5.94. The quantitative estimate of drug-likeness (QED) is 0.894. The van der Waals surface area contributed by atoms with Crippen LogP contribution in [0.2, 0.25) is 0 Å². The summed E-state index contributed by atoms with van der Waals surface area (Å²) >= 11 is 0. The van der Waals surface area contributed by atoms with Crippen molar-refractivity contribution in [2.24, 2.45) is 5.92 Å². The molecule has 5 nitrogen and oxygen atoms in total. The van der Waals surface area contributed by atoms with Gasteiger partial charge in [-0.15, -0.1) is 0 Å². The molecule has 1 saturated heterocycles. The van der Waals surface area contributed by atoms with Gasteiger partial charge in [0, 0.05) is 19.6 Å². The van der Waals surface area contributed by atoms with Gasteiger partial charge in [0.2, 0.25) is 0 Å². The number of nitrogens with zero attached hydrogens (tertiary/aromatic N) is 1. The summed E-state index contributed by atoms with van der Waals surface area (Å²) in [4.78, 5) is 0. The van der Waals surface area contributed by atoms with Crippen molar-refractivity contribution in [2.75, 3.05) is 24.4 Å². The smallest absolute Gasteiger partial charge is 0.301 e. The van der Waals surface area contributed by atoms with Gasteiger partial charge in [-0.1, -0.05) is 13.0 Å². The molecule has 0 aliphatic carbocycles. The first-order valence-electron chi connectivity index (χ1n) is 7.65. The molecule has 0 bridgehead atoms. The zero-order valence-corrected chi connectivity index (χ0v) is 13.2. The summed E-state index contributed by atoms with van der Waals surface area (Å²) in [5.41, 5.74) is 3.16. The molecule has 1 aromatic rings. The van der Waals surface area contributed by atoms with Crippen LogP contribution in [0.4, 0.5) is 5.69 Å². The van der Waals surface area contributed by atoms with Crippen molar-refractivity contribution in [2.45, 2.75) is 32.7 Å². The molecular weight excluding hydrogens is 286 g/mol. The van der Waals surface area contributed by atoms with E-state index in [1.807, 2.05) is 18.2 Å². The first-order chi connectivity index (χ1) is 10.0. The Morgan fingerprint density at radius 1 is 1.33 bits per heavy atom. The highest BCUT2D eigenvalue weighted by Crippen LogP contribution is 2.23. The predicted octanol–water partition coefficient (Wildman–Crippen LogP) is 1.72. The molecule has 1 aromatic carbocycles. The van der Waals surface area contributed by atoms with Crippen molar-refractivity contribution in [3.05, 3.63) is 29.3 Å². The Balaban J connectivity index is 1.76. The van der Waals surface area contributed by atoms with E-state index in [1.54, 1.807) is 4.31 Å². The van der Waals surface area contributed by atoms with E-state index in [1.165, 1.54) is 11.1 Å². The monoisotopic (exact) mass is 309 g/mol.